The fraction of sp³-hybridized carbons (Fsp3) is 0.500. The van der Waals surface area contributed by atoms with Crippen molar-refractivity contribution in [2.24, 2.45) is 5.92 Å². The standard InChI is InChI=1S/C14H21NO2/c1-4-11(2)13(15-3)14(16)17-10-12-8-6-5-7-9-12/h5-9,11,13,15H,4,10H2,1-3H3/t11-,13-/m0/s1. The van der Waals surface area contributed by atoms with E-state index in [1.165, 1.54) is 0 Å². The van der Waals surface area contributed by atoms with Crippen LogP contribution in [-0.4, -0.2) is 19.1 Å². The minimum absolute atomic E-state index is 0.175. The molecule has 0 spiro atoms. The van der Waals surface area contributed by atoms with Crippen molar-refractivity contribution in [2.75, 3.05) is 7.05 Å². The zero-order valence-corrected chi connectivity index (χ0v) is 10.8. The number of ether oxygens (including phenoxy) is 1. The Morgan fingerprint density at radius 3 is 2.53 bits per heavy atom. The SMILES string of the molecule is CC[C@H](C)[C@H](NC)C(=O)OCc1ccccc1. The highest BCUT2D eigenvalue weighted by atomic mass is 16.5. The van der Waals surface area contributed by atoms with Crippen molar-refractivity contribution in [3.8, 4) is 0 Å². The second-order valence-electron chi connectivity index (χ2n) is 4.25. The summed E-state index contributed by atoms with van der Waals surface area (Å²) < 4.78 is 5.30. The number of likely N-dealkylation sites (N-methyl/N-ethyl adjacent to an activating group) is 1. The molecule has 94 valence electrons. The highest BCUT2D eigenvalue weighted by Crippen LogP contribution is 2.10. The first-order valence-electron chi connectivity index (χ1n) is 6.06. The highest BCUT2D eigenvalue weighted by Gasteiger charge is 2.23. The van der Waals surface area contributed by atoms with Gasteiger partial charge in [0.2, 0.25) is 0 Å². The Kier molecular flexibility index (Phi) is 5.70. The van der Waals surface area contributed by atoms with Crippen LogP contribution < -0.4 is 5.32 Å². The summed E-state index contributed by atoms with van der Waals surface area (Å²) >= 11 is 0. The third-order valence-corrected chi connectivity index (χ3v) is 3.00. The predicted octanol–water partition coefficient (Wildman–Crippen LogP) is 2.36. The molecule has 0 bridgehead atoms. The highest BCUT2D eigenvalue weighted by molar-refractivity contribution is 5.76. The zero-order chi connectivity index (χ0) is 12.7. The molecule has 0 radical (unpaired) electrons. The number of esters is 1. The van der Waals surface area contributed by atoms with Crippen molar-refractivity contribution in [1.82, 2.24) is 5.32 Å². The quantitative estimate of drug-likeness (QED) is 0.769. The van der Waals surface area contributed by atoms with Crippen molar-refractivity contribution in [1.29, 1.82) is 0 Å². The van der Waals surface area contributed by atoms with E-state index in [0.717, 1.165) is 12.0 Å². The summed E-state index contributed by atoms with van der Waals surface area (Å²) in [6.07, 6.45) is 0.950. The van der Waals surface area contributed by atoms with Crippen LogP contribution in [0.5, 0.6) is 0 Å². The van der Waals surface area contributed by atoms with Crippen molar-refractivity contribution in [2.45, 2.75) is 32.9 Å². The summed E-state index contributed by atoms with van der Waals surface area (Å²) in [6, 6.07) is 9.50. The number of carbonyl (C=O) groups excluding carboxylic acids is 1. The smallest absolute Gasteiger partial charge is 0.323 e. The first-order chi connectivity index (χ1) is 8.19. The molecule has 1 aromatic rings. The molecular formula is C14H21NO2. The monoisotopic (exact) mass is 235 g/mol. The summed E-state index contributed by atoms with van der Waals surface area (Å²) in [5.41, 5.74) is 1.01. The summed E-state index contributed by atoms with van der Waals surface area (Å²) in [7, 11) is 1.79. The molecule has 1 aromatic carbocycles. The van der Waals surface area contributed by atoms with E-state index in [0.29, 0.717) is 6.61 Å². The van der Waals surface area contributed by atoms with Crippen molar-refractivity contribution >= 4 is 5.97 Å². The van der Waals surface area contributed by atoms with E-state index >= 15 is 0 Å². The van der Waals surface area contributed by atoms with E-state index < -0.39 is 0 Å². The van der Waals surface area contributed by atoms with Crippen LogP contribution in [0.2, 0.25) is 0 Å². The van der Waals surface area contributed by atoms with E-state index in [1.54, 1.807) is 7.05 Å². The Balaban J connectivity index is 2.48. The molecule has 0 fully saturated rings. The molecule has 0 unspecified atom stereocenters. The van der Waals surface area contributed by atoms with Gasteiger partial charge in [-0.25, -0.2) is 0 Å². The molecule has 0 aliphatic carbocycles. The summed E-state index contributed by atoms with van der Waals surface area (Å²) in [6.45, 7) is 4.46. The van der Waals surface area contributed by atoms with Crippen LogP contribution in [0.15, 0.2) is 30.3 Å². The molecule has 3 heteroatoms. The molecular weight excluding hydrogens is 214 g/mol. The van der Waals surface area contributed by atoms with E-state index in [-0.39, 0.29) is 17.9 Å². The number of hydrogen-bond acceptors (Lipinski definition) is 3. The van der Waals surface area contributed by atoms with Gasteiger partial charge in [0, 0.05) is 0 Å². The van der Waals surface area contributed by atoms with Gasteiger partial charge in [-0.2, -0.15) is 0 Å². The van der Waals surface area contributed by atoms with Gasteiger partial charge in [-0.1, -0.05) is 50.6 Å². The molecule has 0 heterocycles. The Morgan fingerprint density at radius 2 is 2.00 bits per heavy atom. The van der Waals surface area contributed by atoms with Gasteiger partial charge in [0.25, 0.3) is 0 Å². The Hall–Kier alpha value is -1.35. The normalized spacial score (nSPS) is 14.1. The first-order valence-corrected chi connectivity index (χ1v) is 6.06. The van der Waals surface area contributed by atoms with Gasteiger partial charge >= 0.3 is 5.97 Å². The number of rotatable bonds is 6. The average molecular weight is 235 g/mol. The predicted molar refractivity (Wildman–Crippen MR) is 68.5 cm³/mol. The van der Waals surface area contributed by atoms with E-state index in [1.807, 2.05) is 37.3 Å². The maximum atomic E-state index is 11.9. The number of benzene rings is 1. The second kappa shape index (κ2) is 7.07. The van der Waals surface area contributed by atoms with Gasteiger partial charge in [0.1, 0.15) is 12.6 Å². The average Bonchev–Trinajstić information content (AvgIpc) is 2.38. The molecule has 0 aromatic heterocycles. The van der Waals surface area contributed by atoms with Crippen molar-refractivity contribution < 1.29 is 9.53 Å². The molecule has 3 nitrogen and oxygen atoms in total. The summed E-state index contributed by atoms with van der Waals surface area (Å²) in [4.78, 5) is 11.9. The topological polar surface area (TPSA) is 38.3 Å². The fourth-order valence-corrected chi connectivity index (χ4v) is 1.69. The zero-order valence-electron chi connectivity index (χ0n) is 10.8. The number of hydrogen-bond donors (Lipinski definition) is 1. The van der Waals surface area contributed by atoms with E-state index in [2.05, 4.69) is 12.2 Å². The van der Waals surface area contributed by atoms with Crippen LogP contribution in [0, 0.1) is 5.92 Å². The lowest BCUT2D eigenvalue weighted by Gasteiger charge is -2.20. The van der Waals surface area contributed by atoms with E-state index in [9.17, 15) is 4.79 Å². The van der Waals surface area contributed by atoms with E-state index in [4.69, 9.17) is 4.74 Å². The van der Waals surface area contributed by atoms with Gasteiger partial charge < -0.3 is 10.1 Å². The van der Waals surface area contributed by atoms with Crippen LogP contribution >= 0.6 is 0 Å². The molecule has 0 saturated carbocycles. The minimum Gasteiger partial charge on any atom is -0.460 e. The molecule has 2 atom stereocenters. The minimum atomic E-state index is -0.219. The molecule has 0 aliphatic heterocycles. The van der Waals surface area contributed by atoms with Crippen LogP contribution in [0.3, 0.4) is 0 Å². The largest absolute Gasteiger partial charge is 0.460 e. The van der Waals surface area contributed by atoms with Gasteiger partial charge in [-0.3, -0.25) is 4.79 Å². The lowest BCUT2D eigenvalue weighted by molar-refractivity contribution is -0.148. The lowest BCUT2D eigenvalue weighted by Crippen LogP contribution is -2.40. The number of carbonyl (C=O) groups is 1. The van der Waals surface area contributed by atoms with Gasteiger partial charge in [-0.05, 0) is 18.5 Å². The Morgan fingerprint density at radius 1 is 1.35 bits per heavy atom. The maximum Gasteiger partial charge on any atom is 0.323 e. The Labute approximate surface area is 103 Å². The fourth-order valence-electron chi connectivity index (χ4n) is 1.69. The molecule has 0 saturated heterocycles. The third kappa shape index (κ3) is 4.19. The second-order valence-corrected chi connectivity index (χ2v) is 4.25. The van der Waals surface area contributed by atoms with Crippen LogP contribution in [0.1, 0.15) is 25.8 Å². The van der Waals surface area contributed by atoms with Crippen molar-refractivity contribution in [3.05, 3.63) is 35.9 Å². The van der Waals surface area contributed by atoms with Gasteiger partial charge in [0.05, 0.1) is 0 Å². The van der Waals surface area contributed by atoms with Gasteiger partial charge in [-0.15, -0.1) is 0 Å². The van der Waals surface area contributed by atoms with Crippen LogP contribution in [-0.2, 0) is 16.1 Å². The Bertz CT molecular complexity index is 337. The van der Waals surface area contributed by atoms with Crippen LogP contribution in [0.25, 0.3) is 0 Å². The molecule has 0 amide bonds. The first kappa shape index (κ1) is 13.7. The number of nitrogens with one attached hydrogen (secondary N) is 1. The third-order valence-electron chi connectivity index (χ3n) is 3.00. The summed E-state index contributed by atoms with van der Waals surface area (Å²) in [5, 5.41) is 3.01. The van der Waals surface area contributed by atoms with Gasteiger partial charge in [0.15, 0.2) is 0 Å². The molecule has 1 rings (SSSR count). The molecule has 1 N–H and O–H groups in total. The van der Waals surface area contributed by atoms with Crippen LogP contribution in [0.4, 0.5) is 0 Å². The van der Waals surface area contributed by atoms with Crippen molar-refractivity contribution in [3.63, 3.8) is 0 Å². The maximum absolute atomic E-state index is 11.9. The lowest BCUT2D eigenvalue weighted by atomic mass is 10.00. The molecule has 17 heavy (non-hydrogen) atoms. The summed E-state index contributed by atoms with van der Waals surface area (Å²) in [5.74, 6) is 0.106. The molecule has 0 aliphatic rings.